The van der Waals surface area contributed by atoms with E-state index in [1.165, 1.54) is 0 Å². The van der Waals surface area contributed by atoms with Crippen molar-refractivity contribution in [2.75, 3.05) is 27.2 Å². The van der Waals surface area contributed by atoms with E-state index in [0.717, 1.165) is 5.56 Å². The molecule has 1 amide bonds. The molecule has 1 aromatic carbocycles. The van der Waals surface area contributed by atoms with Gasteiger partial charge in [0.05, 0.1) is 7.11 Å². The van der Waals surface area contributed by atoms with Crippen LogP contribution >= 0.6 is 0 Å². The summed E-state index contributed by atoms with van der Waals surface area (Å²) in [7, 11) is 3.36. The van der Waals surface area contributed by atoms with Gasteiger partial charge >= 0.3 is 6.09 Å². The van der Waals surface area contributed by atoms with Crippen LogP contribution in [0.2, 0.25) is 0 Å². The Hall–Kier alpha value is -1.75. The molecule has 0 aliphatic heterocycles. The van der Waals surface area contributed by atoms with Crippen molar-refractivity contribution in [3.63, 3.8) is 0 Å². The molecule has 1 rings (SSSR count). The topological polar surface area (TPSA) is 59.6 Å². The lowest BCUT2D eigenvalue weighted by Gasteiger charge is -2.10. The van der Waals surface area contributed by atoms with E-state index in [-0.39, 0.29) is 0 Å². The Morgan fingerprint density at radius 1 is 1.29 bits per heavy atom. The third kappa shape index (κ3) is 4.32. The molecule has 0 radical (unpaired) electrons. The Balaban J connectivity index is 2.58. The second-order valence-electron chi connectivity index (χ2n) is 3.57. The summed E-state index contributed by atoms with van der Waals surface area (Å²) in [6, 6.07) is 5.39. The largest absolute Gasteiger partial charge is 0.493 e. The van der Waals surface area contributed by atoms with E-state index < -0.39 is 6.09 Å². The van der Waals surface area contributed by atoms with Gasteiger partial charge in [-0.1, -0.05) is 6.07 Å². The quantitative estimate of drug-likeness (QED) is 0.759. The number of likely N-dealkylation sites (N-methyl/N-ethyl adjacent to an activating group) is 1. The molecule has 17 heavy (non-hydrogen) atoms. The van der Waals surface area contributed by atoms with Crippen LogP contribution in [-0.2, 0) is 0 Å². The molecule has 0 aliphatic rings. The Kier molecular flexibility index (Phi) is 5.29. The first kappa shape index (κ1) is 13.3. The van der Waals surface area contributed by atoms with Gasteiger partial charge in [-0.15, -0.1) is 0 Å². The predicted molar refractivity (Wildman–Crippen MR) is 65.7 cm³/mol. The van der Waals surface area contributed by atoms with Gasteiger partial charge in [-0.25, -0.2) is 4.79 Å². The van der Waals surface area contributed by atoms with Crippen LogP contribution in [0.5, 0.6) is 11.5 Å². The molecule has 0 atom stereocenters. The van der Waals surface area contributed by atoms with Crippen LogP contribution in [0.15, 0.2) is 18.2 Å². The van der Waals surface area contributed by atoms with Crippen molar-refractivity contribution in [2.24, 2.45) is 0 Å². The van der Waals surface area contributed by atoms with Gasteiger partial charge in [0.1, 0.15) is 0 Å². The van der Waals surface area contributed by atoms with Crippen molar-refractivity contribution in [2.45, 2.75) is 6.92 Å². The lowest BCUT2D eigenvalue weighted by Crippen LogP contribution is -2.32. The summed E-state index contributed by atoms with van der Waals surface area (Å²) in [6.45, 7) is 3.16. The summed E-state index contributed by atoms with van der Waals surface area (Å²) in [5.41, 5.74) is 1.05. The average molecular weight is 238 g/mol. The number of carbonyl (C=O) groups is 1. The fourth-order valence-corrected chi connectivity index (χ4v) is 1.28. The molecule has 0 unspecified atom stereocenters. The van der Waals surface area contributed by atoms with Gasteiger partial charge in [-0.2, -0.15) is 0 Å². The number of methoxy groups -OCH3 is 1. The highest BCUT2D eigenvalue weighted by atomic mass is 16.6. The number of carbonyl (C=O) groups excluding carboxylic acids is 1. The van der Waals surface area contributed by atoms with Crippen molar-refractivity contribution < 1.29 is 14.3 Å². The summed E-state index contributed by atoms with van der Waals surface area (Å²) in [5.74, 6) is 0.967. The summed E-state index contributed by atoms with van der Waals surface area (Å²) in [6.07, 6.45) is -0.484. The van der Waals surface area contributed by atoms with Gasteiger partial charge in [-0.05, 0) is 31.7 Å². The highest BCUT2D eigenvalue weighted by molar-refractivity contribution is 5.71. The molecule has 0 heterocycles. The number of hydrogen-bond donors (Lipinski definition) is 2. The third-order valence-corrected chi connectivity index (χ3v) is 2.17. The van der Waals surface area contributed by atoms with Crippen molar-refractivity contribution in [1.82, 2.24) is 10.6 Å². The molecule has 2 N–H and O–H groups in total. The van der Waals surface area contributed by atoms with Crippen molar-refractivity contribution in [3.8, 4) is 11.5 Å². The highest BCUT2D eigenvalue weighted by Crippen LogP contribution is 2.27. The van der Waals surface area contributed by atoms with Gasteiger partial charge in [-0.3, -0.25) is 0 Å². The fraction of sp³-hybridized carbons (Fsp3) is 0.417. The van der Waals surface area contributed by atoms with Gasteiger partial charge in [0.15, 0.2) is 11.5 Å². The molecular weight excluding hydrogens is 220 g/mol. The molecule has 94 valence electrons. The number of aryl methyl sites for hydroxylation is 1. The van der Waals surface area contributed by atoms with Gasteiger partial charge in [0.25, 0.3) is 0 Å². The van der Waals surface area contributed by atoms with E-state index in [9.17, 15) is 4.79 Å². The minimum absolute atomic E-state index is 0.417. The maximum absolute atomic E-state index is 11.4. The lowest BCUT2D eigenvalue weighted by molar-refractivity contribution is 0.198. The number of rotatable bonds is 5. The van der Waals surface area contributed by atoms with Gasteiger partial charge < -0.3 is 20.1 Å². The molecule has 0 saturated carbocycles. The Morgan fingerprint density at radius 2 is 2.06 bits per heavy atom. The van der Waals surface area contributed by atoms with Crippen molar-refractivity contribution in [3.05, 3.63) is 23.8 Å². The zero-order chi connectivity index (χ0) is 12.7. The smallest absolute Gasteiger partial charge is 0.412 e. The minimum Gasteiger partial charge on any atom is -0.493 e. The Labute approximate surface area is 101 Å². The number of ether oxygens (including phenoxy) is 2. The van der Waals surface area contributed by atoms with Crippen LogP contribution in [0.4, 0.5) is 4.79 Å². The summed E-state index contributed by atoms with van der Waals surface area (Å²) >= 11 is 0. The molecule has 0 bridgehead atoms. The summed E-state index contributed by atoms with van der Waals surface area (Å²) in [4.78, 5) is 11.4. The predicted octanol–water partition coefficient (Wildman–Crippen LogP) is 1.31. The van der Waals surface area contributed by atoms with Crippen LogP contribution in [0, 0.1) is 6.92 Å². The normalized spacial score (nSPS) is 9.82. The lowest BCUT2D eigenvalue weighted by atomic mass is 10.2. The fourth-order valence-electron chi connectivity index (χ4n) is 1.28. The molecule has 1 aromatic rings. The van der Waals surface area contributed by atoms with Crippen LogP contribution in [-0.4, -0.2) is 33.3 Å². The van der Waals surface area contributed by atoms with Crippen LogP contribution in [0.25, 0.3) is 0 Å². The molecule has 5 heteroatoms. The average Bonchev–Trinajstić information content (AvgIpc) is 2.32. The molecule has 0 fully saturated rings. The Bertz CT molecular complexity index is 380. The first-order valence-electron chi connectivity index (χ1n) is 5.42. The molecule has 0 saturated heterocycles. The first-order chi connectivity index (χ1) is 8.17. The maximum Gasteiger partial charge on any atom is 0.412 e. The van der Waals surface area contributed by atoms with Crippen molar-refractivity contribution in [1.29, 1.82) is 0 Å². The first-order valence-corrected chi connectivity index (χ1v) is 5.42. The van der Waals surface area contributed by atoms with E-state index in [1.807, 2.05) is 26.1 Å². The molecule has 5 nitrogen and oxygen atoms in total. The monoisotopic (exact) mass is 238 g/mol. The molecule has 0 aromatic heterocycles. The van der Waals surface area contributed by atoms with E-state index in [1.54, 1.807) is 13.2 Å². The van der Waals surface area contributed by atoms with Crippen LogP contribution in [0.1, 0.15) is 5.56 Å². The standard InChI is InChI=1S/C12H18N2O3/c1-9-4-5-10(11(8-9)16-3)17-12(15)14-7-6-13-2/h4-5,8,13H,6-7H2,1-3H3,(H,14,15). The maximum atomic E-state index is 11.4. The van der Waals surface area contributed by atoms with E-state index in [2.05, 4.69) is 10.6 Å². The Morgan fingerprint density at radius 3 is 2.71 bits per heavy atom. The summed E-state index contributed by atoms with van der Waals surface area (Å²) in [5, 5.41) is 5.54. The molecule has 0 aliphatic carbocycles. The van der Waals surface area contributed by atoms with E-state index in [0.29, 0.717) is 24.6 Å². The summed E-state index contributed by atoms with van der Waals surface area (Å²) < 4.78 is 10.3. The second kappa shape index (κ2) is 6.75. The van der Waals surface area contributed by atoms with Crippen molar-refractivity contribution >= 4 is 6.09 Å². The zero-order valence-corrected chi connectivity index (χ0v) is 10.4. The minimum atomic E-state index is -0.484. The number of hydrogen-bond acceptors (Lipinski definition) is 4. The van der Waals surface area contributed by atoms with Gasteiger partial charge in [0.2, 0.25) is 0 Å². The third-order valence-electron chi connectivity index (χ3n) is 2.17. The molecular formula is C12H18N2O3. The molecule has 0 spiro atoms. The second-order valence-corrected chi connectivity index (χ2v) is 3.57. The number of benzene rings is 1. The highest BCUT2D eigenvalue weighted by Gasteiger charge is 2.09. The van der Waals surface area contributed by atoms with Gasteiger partial charge in [0, 0.05) is 13.1 Å². The van der Waals surface area contributed by atoms with E-state index in [4.69, 9.17) is 9.47 Å². The zero-order valence-electron chi connectivity index (χ0n) is 10.4. The number of nitrogens with one attached hydrogen (secondary N) is 2. The van der Waals surface area contributed by atoms with E-state index >= 15 is 0 Å². The van der Waals surface area contributed by atoms with Crippen LogP contribution < -0.4 is 20.1 Å². The van der Waals surface area contributed by atoms with Crippen LogP contribution in [0.3, 0.4) is 0 Å². The SMILES string of the molecule is CNCCNC(=O)Oc1ccc(C)cc1OC. The number of amides is 1.